The van der Waals surface area contributed by atoms with Crippen LogP contribution in [0.5, 0.6) is 0 Å². The van der Waals surface area contributed by atoms with Crippen molar-refractivity contribution >= 4 is 5.91 Å². The molecule has 0 bridgehead atoms. The zero-order valence-corrected chi connectivity index (χ0v) is 30.3. The average molecular weight is 652 g/mol. The van der Waals surface area contributed by atoms with Gasteiger partial charge in [0.2, 0.25) is 5.91 Å². The van der Waals surface area contributed by atoms with Crippen LogP contribution < -0.4 is 5.32 Å². The Morgan fingerprint density at radius 1 is 0.543 bits per heavy atom. The van der Waals surface area contributed by atoms with Crippen LogP contribution in [0.2, 0.25) is 0 Å². The van der Waals surface area contributed by atoms with Crippen LogP contribution in [0.1, 0.15) is 194 Å². The van der Waals surface area contributed by atoms with E-state index in [1.807, 2.05) is 0 Å². The second-order valence-electron chi connectivity index (χ2n) is 13.6. The Morgan fingerprint density at radius 3 is 1.39 bits per heavy atom. The van der Waals surface area contributed by atoms with Crippen molar-refractivity contribution in [3.8, 4) is 0 Å². The van der Waals surface area contributed by atoms with Crippen molar-refractivity contribution in [3.63, 3.8) is 0 Å². The summed E-state index contributed by atoms with van der Waals surface area (Å²) in [7, 11) is 0. The van der Waals surface area contributed by atoms with Gasteiger partial charge in [-0.2, -0.15) is 0 Å². The van der Waals surface area contributed by atoms with E-state index in [0.29, 0.717) is 19.3 Å². The number of aliphatic hydroxyl groups excluding tert-OH is 4. The van der Waals surface area contributed by atoms with E-state index in [1.165, 1.54) is 116 Å². The third-order valence-corrected chi connectivity index (χ3v) is 9.15. The molecule has 0 aliphatic carbocycles. The summed E-state index contributed by atoms with van der Waals surface area (Å²) in [4.78, 5) is 12.4. The third-order valence-electron chi connectivity index (χ3n) is 9.15. The van der Waals surface area contributed by atoms with Gasteiger partial charge in [-0.1, -0.05) is 173 Å². The van der Waals surface area contributed by atoms with Gasteiger partial charge in [-0.05, 0) is 44.9 Å². The van der Waals surface area contributed by atoms with Crippen LogP contribution in [-0.2, 0) is 4.79 Å². The summed E-state index contributed by atoms with van der Waals surface area (Å²) in [5, 5.41) is 43.3. The largest absolute Gasteiger partial charge is 0.394 e. The number of nitrogens with one attached hydrogen (secondary N) is 1. The number of allylic oxidation sites excluding steroid dienone is 4. The first-order valence-corrected chi connectivity index (χ1v) is 19.7. The first-order valence-electron chi connectivity index (χ1n) is 19.7. The summed E-state index contributed by atoms with van der Waals surface area (Å²) in [6, 6.07) is -1.00. The number of amides is 1. The Bertz CT molecular complexity index is 697. The highest BCUT2D eigenvalue weighted by molar-refractivity contribution is 5.80. The van der Waals surface area contributed by atoms with Gasteiger partial charge in [-0.3, -0.25) is 4.79 Å². The Balaban J connectivity index is 3.70. The molecule has 0 aliphatic rings. The van der Waals surface area contributed by atoms with Crippen molar-refractivity contribution in [1.29, 1.82) is 0 Å². The Labute approximate surface area is 284 Å². The quantitative estimate of drug-likeness (QED) is 0.0346. The maximum absolute atomic E-state index is 12.4. The van der Waals surface area contributed by atoms with Crippen molar-refractivity contribution < 1.29 is 25.2 Å². The van der Waals surface area contributed by atoms with Crippen LogP contribution in [0.3, 0.4) is 0 Å². The first kappa shape index (κ1) is 44.8. The summed E-state index contributed by atoms with van der Waals surface area (Å²) in [5.74, 6) is -0.599. The molecule has 5 N–H and O–H groups in total. The van der Waals surface area contributed by atoms with Gasteiger partial charge in [-0.15, -0.1) is 0 Å². The van der Waals surface area contributed by atoms with Gasteiger partial charge in [0.25, 0.3) is 0 Å². The van der Waals surface area contributed by atoms with Crippen molar-refractivity contribution in [2.24, 2.45) is 0 Å². The molecule has 0 fully saturated rings. The van der Waals surface area contributed by atoms with Crippen LogP contribution in [0.15, 0.2) is 24.3 Å². The predicted octanol–water partition coefficient (Wildman–Crippen LogP) is 9.62. The van der Waals surface area contributed by atoms with E-state index in [0.717, 1.165) is 44.9 Å². The van der Waals surface area contributed by atoms with Crippen LogP contribution in [0, 0.1) is 0 Å². The van der Waals surface area contributed by atoms with Crippen molar-refractivity contribution in [3.05, 3.63) is 24.3 Å². The number of hydrogen-bond acceptors (Lipinski definition) is 5. The second-order valence-corrected chi connectivity index (χ2v) is 13.6. The predicted molar refractivity (Wildman–Crippen MR) is 196 cm³/mol. The number of rotatable bonds is 35. The van der Waals surface area contributed by atoms with Crippen molar-refractivity contribution in [2.75, 3.05) is 6.61 Å². The second kappa shape index (κ2) is 35.1. The number of carbonyl (C=O) groups excluding carboxylic acids is 1. The Hall–Kier alpha value is -1.21. The zero-order chi connectivity index (χ0) is 33.9. The smallest absolute Gasteiger partial charge is 0.249 e. The molecular formula is C40H77NO5. The summed E-state index contributed by atoms with van der Waals surface area (Å²) in [5.41, 5.74) is 0. The summed E-state index contributed by atoms with van der Waals surface area (Å²) >= 11 is 0. The van der Waals surface area contributed by atoms with Gasteiger partial charge in [0.15, 0.2) is 0 Å². The van der Waals surface area contributed by atoms with Gasteiger partial charge < -0.3 is 25.7 Å². The molecule has 6 nitrogen and oxygen atoms in total. The standard InChI is InChI=1S/C40H77NO5/c1-3-5-7-9-11-13-14-15-16-17-18-19-20-21-22-23-24-26-28-30-32-34-38(44)40(46)41-36(35-42)39(45)37(43)33-31-29-27-25-12-10-8-6-4-2/h6,8,25,27,36-39,42-45H,3-5,7,9-24,26,28-35H2,1-2H3,(H,41,46)/b8-6+,27-25+. The number of carbonyl (C=O) groups is 1. The van der Waals surface area contributed by atoms with Gasteiger partial charge in [0.05, 0.1) is 18.8 Å². The minimum Gasteiger partial charge on any atom is -0.394 e. The SMILES string of the molecule is CC/C=C/CC/C=C/CCCC(O)C(O)C(CO)NC(=O)C(O)CCCCCCCCCCCCCCCCCCCCCCC. The van der Waals surface area contributed by atoms with E-state index in [4.69, 9.17) is 0 Å². The van der Waals surface area contributed by atoms with E-state index in [2.05, 4.69) is 43.5 Å². The molecule has 272 valence electrons. The average Bonchev–Trinajstić information content (AvgIpc) is 3.06. The normalized spacial score (nSPS) is 14.7. The lowest BCUT2D eigenvalue weighted by atomic mass is 10.00. The lowest BCUT2D eigenvalue weighted by Crippen LogP contribution is -2.53. The fourth-order valence-corrected chi connectivity index (χ4v) is 6.02. The topological polar surface area (TPSA) is 110 Å². The highest BCUT2D eigenvalue weighted by Crippen LogP contribution is 2.16. The summed E-state index contributed by atoms with van der Waals surface area (Å²) < 4.78 is 0. The monoisotopic (exact) mass is 652 g/mol. The van der Waals surface area contributed by atoms with E-state index < -0.39 is 36.9 Å². The molecule has 0 saturated carbocycles. The molecular weight excluding hydrogens is 574 g/mol. The van der Waals surface area contributed by atoms with Crippen molar-refractivity contribution in [1.82, 2.24) is 5.32 Å². The lowest BCUT2D eigenvalue weighted by molar-refractivity contribution is -0.132. The minimum absolute atomic E-state index is 0.363. The highest BCUT2D eigenvalue weighted by Gasteiger charge is 2.28. The molecule has 4 atom stereocenters. The van der Waals surface area contributed by atoms with Crippen LogP contribution in [-0.4, -0.2) is 57.3 Å². The minimum atomic E-state index is -1.28. The maximum atomic E-state index is 12.4. The molecule has 0 rings (SSSR count). The maximum Gasteiger partial charge on any atom is 0.249 e. The molecule has 0 aromatic rings. The van der Waals surface area contributed by atoms with Crippen LogP contribution >= 0.6 is 0 Å². The number of unbranched alkanes of at least 4 members (excludes halogenated alkanes) is 22. The third kappa shape index (κ3) is 29.0. The molecule has 0 aliphatic heterocycles. The van der Waals surface area contributed by atoms with Crippen LogP contribution in [0.4, 0.5) is 0 Å². The molecule has 4 unspecified atom stereocenters. The van der Waals surface area contributed by atoms with Gasteiger partial charge in [-0.25, -0.2) is 0 Å². The van der Waals surface area contributed by atoms with Crippen LogP contribution in [0.25, 0.3) is 0 Å². The highest BCUT2D eigenvalue weighted by atomic mass is 16.3. The fraction of sp³-hybridized carbons (Fsp3) is 0.875. The summed E-state index contributed by atoms with van der Waals surface area (Å²) in [6.45, 7) is 3.90. The van der Waals surface area contributed by atoms with Gasteiger partial charge in [0.1, 0.15) is 12.2 Å². The van der Waals surface area contributed by atoms with E-state index in [-0.39, 0.29) is 0 Å². The number of aliphatic hydroxyl groups is 4. The molecule has 6 heteroatoms. The lowest BCUT2D eigenvalue weighted by Gasteiger charge is -2.27. The van der Waals surface area contributed by atoms with E-state index in [9.17, 15) is 25.2 Å². The summed E-state index contributed by atoms with van der Waals surface area (Å²) in [6.07, 6.45) is 38.0. The number of hydrogen-bond donors (Lipinski definition) is 5. The zero-order valence-electron chi connectivity index (χ0n) is 30.3. The molecule has 0 saturated heterocycles. The fourth-order valence-electron chi connectivity index (χ4n) is 6.02. The first-order chi connectivity index (χ1) is 22.5. The molecule has 1 amide bonds. The van der Waals surface area contributed by atoms with Crippen molar-refractivity contribution in [2.45, 2.75) is 218 Å². The molecule has 0 spiro atoms. The van der Waals surface area contributed by atoms with Gasteiger partial charge >= 0.3 is 0 Å². The molecule has 0 radical (unpaired) electrons. The van der Waals surface area contributed by atoms with E-state index >= 15 is 0 Å². The molecule has 0 heterocycles. The van der Waals surface area contributed by atoms with E-state index in [1.54, 1.807) is 0 Å². The molecule has 0 aromatic heterocycles. The van der Waals surface area contributed by atoms with Gasteiger partial charge in [0, 0.05) is 0 Å². The molecule has 46 heavy (non-hydrogen) atoms. The molecule has 0 aromatic carbocycles. The Morgan fingerprint density at radius 2 is 0.957 bits per heavy atom. The Kier molecular flexibility index (Phi) is 34.2.